The van der Waals surface area contributed by atoms with E-state index in [1.807, 2.05) is 44.2 Å². The largest absolute Gasteiger partial charge is 0.494 e. The number of ether oxygens (including phenoxy) is 1. The van der Waals surface area contributed by atoms with Crippen LogP contribution in [-0.2, 0) is 5.60 Å². The van der Waals surface area contributed by atoms with Gasteiger partial charge in [-0.15, -0.1) is 0 Å². The van der Waals surface area contributed by atoms with E-state index in [9.17, 15) is 5.11 Å². The number of furan rings is 1. The Morgan fingerprint density at radius 2 is 2.04 bits per heavy atom. The molecule has 2 aromatic heterocycles. The molecule has 0 aliphatic carbocycles. The van der Waals surface area contributed by atoms with Crippen LogP contribution in [-0.4, -0.2) is 23.7 Å². The van der Waals surface area contributed by atoms with E-state index in [-0.39, 0.29) is 0 Å². The minimum absolute atomic E-state index is 0.315. The number of pyridine rings is 1. The van der Waals surface area contributed by atoms with Crippen LogP contribution in [0.2, 0.25) is 0 Å². The fraction of sp³-hybridized carbons (Fsp3) is 0.316. The van der Waals surface area contributed by atoms with E-state index in [4.69, 9.17) is 9.15 Å². The summed E-state index contributed by atoms with van der Waals surface area (Å²) in [6.07, 6.45) is 0. The predicted octanol–water partition coefficient (Wildman–Crippen LogP) is 3.77. The Kier molecular flexibility index (Phi) is 4.20. The average Bonchev–Trinajstić information content (AvgIpc) is 2.99. The molecule has 5 heteroatoms. The van der Waals surface area contributed by atoms with Crippen molar-refractivity contribution in [3.63, 3.8) is 0 Å². The Morgan fingerprint density at radius 1 is 1.25 bits per heavy atom. The lowest BCUT2D eigenvalue weighted by atomic mass is 10.0. The highest BCUT2D eigenvalue weighted by molar-refractivity contribution is 5.95. The van der Waals surface area contributed by atoms with E-state index in [1.54, 1.807) is 20.1 Å². The van der Waals surface area contributed by atoms with Crippen LogP contribution in [0.4, 0.5) is 5.69 Å². The van der Waals surface area contributed by atoms with Gasteiger partial charge < -0.3 is 19.6 Å². The summed E-state index contributed by atoms with van der Waals surface area (Å²) in [6, 6.07) is 11.4. The molecule has 0 aliphatic heterocycles. The van der Waals surface area contributed by atoms with E-state index in [0.29, 0.717) is 12.3 Å². The number of aliphatic hydroxyl groups is 1. The maximum atomic E-state index is 10.7. The second-order valence-corrected chi connectivity index (χ2v) is 6.21. The number of methoxy groups -OCH3 is 1. The Morgan fingerprint density at radius 3 is 2.71 bits per heavy atom. The molecule has 0 aliphatic rings. The Labute approximate surface area is 141 Å². The molecule has 0 saturated carbocycles. The van der Waals surface area contributed by atoms with Gasteiger partial charge in [0.25, 0.3) is 0 Å². The number of rotatable bonds is 5. The highest BCUT2D eigenvalue weighted by Crippen LogP contribution is 2.31. The Balaban J connectivity index is 1.93. The lowest BCUT2D eigenvalue weighted by molar-refractivity contribution is 0.0468. The van der Waals surface area contributed by atoms with Crippen LogP contribution in [0.1, 0.15) is 24.1 Å². The molecule has 3 rings (SSSR count). The number of anilines is 1. The monoisotopic (exact) mass is 326 g/mol. The third-order valence-electron chi connectivity index (χ3n) is 4.04. The van der Waals surface area contributed by atoms with Gasteiger partial charge in [0.1, 0.15) is 28.4 Å². The normalized spacial score (nSPS) is 13.7. The number of hydrogen-bond donors (Lipinski definition) is 2. The van der Waals surface area contributed by atoms with Crippen LogP contribution in [0.3, 0.4) is 0 Å². The summed E-state index contributed by atoms with van der Waals surface area (Å²) in [5.74, 6) is 2.05. The van der Waals surface area contributed by atoms with Crippen molar-refractivity contribution in [2.45, 2.75) is 26.4 Å². The van der Waals surface area contributed by atoms with E-state index in [2.05, 4.69) is 10.3 Å². The van der Waals surface area contributed by atoms with E-state index < -0.39 is 5.60 Å². The lowest BCUT2D eigenvalue weighted by Crippen LogP contribution is -2.30. The van der Waals surface area contributed by atoms with Crippen molar-refractivity contribution in [2.24, 2.45) is 0 Å². The average molecular weight is 326 g/mol. The molecular formula is C19H22N2O3. The van der Waals surface area contributed by atoms with Crippen LogP contribution in [0.25, 0.3) is 10.9 Å². The molecule has 1 atom stereocenters. The van der Waals surface area contributed by atoms with Crippen LogP contribution in [0, 0.1) is 13.8 Å². The predicted molar refractivity (Wildman–Crippen MR) is 94.5 cm³/mol. The molecule has 24 heavy (non-hydrogen) atoms. The van der Waals surface area contributed by atoms with Gasteiger partial charge in [0.2, 0.25) is 0 Å². The summed E-state index contributed by atoms with van der Waals surface area (Å²) < 4.78 is 11.0. The fourth-order valence-corrected chi connectivity index (χ4v) is 2.74. The van der Waals surface area contributed by atoms with Gasteiger partial charge in [-0.1, -0.05) is 12.1 Å². The van der Waals surface area contributed by atoms with Gasteiger partial charge in [-0.2, -0.15) is 0 Å². The molecule has 0 bridgehead atoms. The summed E-state index contributed by atoms with van der Waals surface area (Å²) in [7, 11) is 1.63. The highest BCUT2D eigenvalue weighted by Gasteiger charge is 2.27. The van der Waals surface area contributed by atoms with Crippen molar-refractivity contribution >= 4 is 16.6 Å². The molecule has 0 saturated heterocycles. The van der Waals surface area contributed by atoms with Gasteiger partial charge in [0, 0.05) is 16.8 Å². The molecule has 2 heterocycles. The second-order valence-electron chi connectivity index (χ2n) is 6.21. The fourth-order valence-electron chi connectivity index (χ4n) is 2.74. The number of aryl methyl sites for hydroxylation is 2. The van der Waals surface area contributed by atoms with Crippen LogP contribution in [0.5, 0.6) is 5.75 Å². The van der Waals surface area contributed by atoms with E-state index >= 15 is 0 Å². The summed E-state index contributed by atoms with van der Waals surface area (Å²) in [5, 5.41) is 15.0. The summed E-state index contributed by atoms with van der Waals surface area (Å²) >= 11 is 0. The minimum atomic E-state index is -1.11. The maximum absolute atomic E-state index is 10.7. The first-order valence-electron chi connectivity index (χ1n) is 7.88. The highest BCUT2D eigenvalue weighted by atomic mass is 16.5. The zero-order chi connectivity index (χ0) is 17.3. The topological polar surface area (TPSA) is 67.5 Å². The van der Waals surface area contributed by atoms with Crippen LogP contribution < -0.4 is 10.1 Å². The SMILES string of the molecule is COc1cccc2c(NCC(C)(O)c3ccc(C)o3)cc(C)nc12. The van der Waals surface area contributed by atoms with Crippen molar-refractivity contribution < 1.29 is 14.3 Å². The minimum Gasteiger partial charge on any atom is -0.494 e. The molecule has 2 N–H and O–H groups in total. The maximum Gasteiger partial charge on any atom is 0.145 e. The first-order valence-corrected chi connectivity index (χ1v) is 7.88. The van der Waals surface area contributed by atoms with Crippen LogP contribution in [0.15, 0.2) is 40.8 Å². The van der Waals surface area contributed by atoms with E-state index in [1.165, 1.54) is 0 Å². The first-order chi connectivity index (χ1) is 11.4. The quantitative estimate of drug-likeness (QED) is 0.747. The molecule has 1 aromatic carbocycles. The third kappa shape index (κ3) is 3.08. The summed E-state index contributed by atoms with van der Waals surface area (Å²) in [5.41, 5.74) is 1.47. The number of nitrogens with one attached hydrogen (secondary N) is 1. The zero-order valence-electron chi connectivity index (χ0n) is 14.4. The van der Waals surface area contributed by atoms with Gasteiger partial charge in [-0.05, 0) is 45.0 Å². The molecular weight excluding hydrogens is 304 g/mol. The number of para-hydroxylation sites is 1. The number of benzene rings is 1. The Hall–Kier alpha value is -2.53. The lowest BCUT2D eigenvalue weighted by Gasteiger charge is -2.23. The first kappa shape index (κ1) is 16.3. The standard InChI is InChI=1S/C19H22N2O3/c1-12-10-15(14-6-5-7-16(23-4)18(14)21-12)20-11-19(3,22)17-9-8-13(2)24-17/h5-10,22H,11H2,1-4H3,(H,20,21). The summed E-state index contributed by atoms with van der Waals surface area (Å²) in [4.78, 5) is 4.57. The van der Waals surface area contributed by atoms with Gasteiger partial charge >= 0.3 is 0 Å². The van der Waals surface area contributed by atoms with Crippen molar-refractivity contribution in [2.75, 3.05) is 19.0 Å². The van der Waals surface area contributed by atoms with E-state index in [0.717, 1.165) is 33.8 Å². The van der Waals surface area contributed by atoms with Crippen LogP contribution >= 0.6 is 0 Å². The number of aromatic nitrogens is 1. The molecule has 3 aromatic rings. The van der Waals surface area contributed by atoms with Gasteiger partial charge in [-0.25, -0.2) is 4.98 Å². The van der Waals surface area contributed by atoms with Gasteiger partial charge in [0.15, 0.2) is 0 Å². The van der Waals surface area contributed by atoms with Gasteiger partial charge in [-0.3, -0.25) is 0 Å². The van der Waals surface area contributed by atoms with Crippen molar-refractivity contribution in [1.29, 1.82) is 0 Å². The zero-order valence-corrected chi connectivity index (χ0v) is 14.4. The second kappa shape index (κ2) is 6.17. The van der Waals surface area contributed by atoms with Gasteiger partial charge in [0.05, 0.1) is 13.7 Å². The molecule has 0 fully saturated rings. The molecule has 126 valence electrons. The molecule has 0 radical (unpaired) electrons. The molecule has 5 nitrogen and oxygen atoms in total. The third-order valence-corrected chi connectivity index (χ3v) is 4.04. The molecule has 1 unspecified atom stereocenters. The number of fused-ring (bicyclic) bond motifs is 1. The number of nitrogens with zero attached hydrogens (tertiary/aromatic N) is 1. The molecule has 0 spiro atoms. The van der Waals surface area contributed by atoms with Crippen molar-refractivity contribution in [1.82, 2.24) is 4.98 Å². The smallest absolute Gasteiger partial charge is 0.145 e. The molecule has 0 amide bonds. The summed E-state index contributed by atoms with van der Waals surface area (Å²) in [6.45, 7) is 5.84. The Bertz CT molecular complexity index is 868. The number of hydrogen-bond acceptors (Lipinski definition) is 5. The van der Waals surface area contributed by atoms with Crippen molar-refractivity contribution in [3.8, 4) is 5.75 Å². The van der Waals surface area contributed by atoms with Crippen molar-refractivity contribution in [3.05, 3.63) is 53.6 Å².